The Morgan fingerprint density at radius 3 is 2.90 bits per heavy atom. The van der Waals surface area contributed by atoms with Crippen LogP contribution in [0.25, 0.3) is 0 Å². The van der Waals surface area contributed by atoms with Gasteiger partial charge in [0.1, 0.15) is 11.5 Å². The number of phenolic OH excluding ortho intramolecular Hbond substituents is 1. The molecule has 3 N–H and O–H groups in total. The summed E-state index contributed by atoms with van der Waals surface area (Å²) in [6.45, 7) is 1.95. The standard InChI is InChI=1S/C11H15N2O6P/c1-2-7-6-19-20(17,18)11(12-7)9-5-8(13(15)16)3-4-10(9)14/h3-5,7,11-12,14H,2,6H2,1H3,(H,17,18)/t7-,11-/m1/s1. The van der Waals surface area contributed by atoms with Crippen LogP contribution in [0.15, 0.2) is 18.2 Å². The summed E-state index contributed by atoms with van der Waals surface area (Å²) in [5, 5.41) is 23.5. The van der Waals surface area contributed by atoms with Gasteiger partial charge < -0.3 is 14.5 Å². The van der Waals surface area contributed by atoms with Crippen LogP contribution in [0.1, 0.15) is 24.7 Å². The van der Waals surface area contributed by atoms with E-state index in [0.717, 1.165) is 18.2 Å². The van der Waals surface area contributed by atoms with E-state index in [1.165, 1.54) is 0 Å². The molecule has 0 aromatic heterocycles. The highest BCUT2D eigenvalue weighted by atomic mass is 31.2. The van der Waals surface area contributed by atoms with E-state index in [4.69, 9.17) is 4.52 Å². The van der Waals surface area contributed by atoms with Crippen LogP contribution in [0, 0.1) is 10.1 Å². The molecule has 1 aliphatic heterocycles. The normalized spacial score (nSPS) is 30.1. The van der Waals surface area contributed by atoms with Gasteiger partial charge in [0.05, 0.1) is 11.5 Å². The molecule has 1 aromatic carbocycles. The van der Waals surface area contributed by atoms with E-state index >= 15 is 0 Å². The molecule has 1 fully saturated rings. The summed E-state index contributed by atoms with van der Waals surface area (Å²) in [4.78, 5) is 20.0. The van der Waals surface area contributed by atoms with Crippen LogP contribution >= 0.6 is 7.60 Å². The Kier molecular flexibility index (Phi) is 4.10. The third kappa shape index (κ3) is 2.83. The predicted molar refractivity (Wildman–Crippen MR) is 70.5 cm³/mol. The molecule has 1 unspecified atom stereocenters. The lowest BCUT2D eigenvalue weighted by Crippen LogP contribution is -2.40. The molecule has 0 spiro atoms. The second-order valence-corrected chi connectivity index (χ2v) is 6.44. The Labute approximate surface area is 115 Å². The Hall–Kier alpha value is -1.47. The third-order valence-electron chi connectivity index (χ3n) is 3.19. The highest BCUT2D eigenvalue weighted by Gasteiger charge is 2.41. The van der Waals surface area contributed by atoms with E-state index in [9.17, 15) is 24.7 Å². The van der Waals surface area contributed by atoms with Gasteiger partial charge in [-0.2, -0.15) is 0 Å². The van der Waals surface area contributed by atoms with Crippen molar-refractivity contribution in [2.75, 3.05) is 6.61 Å². The minimum Gasteiger partial charge on any atom is -0.508 e. The van der Waals surface area contributed by atoms with E-state index in [-0.39, 0.29) is 29.6 Å². The largest absolute Gasteiger partial charge is 0.508 e. The molecule has 0 amide bonds. The van der Waals surface area contributed by atoms with Crippen LogP contribution in [0.3, 0.4) is 0 Å². The van der Waals surface area contributed by atoms with Crippen LogP contribution < -0.4 is 5.32 Å². The lowest BCUT2D eigenvalue weighted by molar-refractivity contribution is -0.384. The molecule has 20 heavy (non-hydrogen) atoms. The van der Waals surface area contributed by atoms with Crippen molar-refractivity contribution < 1.29 is 24.0 Å². The maximum absolute atomic E-state index is 12.1. The maximum Gasteiger partial charge on any atom is 0.349 e. The van der Waals surface area contributed by atoms with E-state index in [1.807, 2.05) is 6.92 Å². The van der Waals surface area contributed by atoms with Gasteiger partial charge >= 0.3 is 7.60 Å². The van der Waals surface area contributed by atoms with Crippen LogP contribution in [0.2, 0.25) is 0 Å². The molecule has 3 atom stereocenters. The first kappa shape index (κ1) is 14.9. The molecule has 0 radical (unpaired) electrons. The molecule has 1 saturated heterocycles. The maximum atomic E-state index is 12.1. The summed E-state index contributed by atoms with van der Waals surface area (Å²) in [7, 11) is -4.04. The number of nitrogens with one attached hydrogen (secondary N) is 1. The fourth-order valence-corrected chi connectivity index (χ4v) is 3.51. The van der Waals surface area contributed by atoms with Crippen molar-refractivity contribution in [3.8, 4) is 5.75 Å². The van der Waals surface area contributed by atoms with Gasteiger partial charge in [-0.3, -0.25) is 20.0 Å². The van der Waals surface area contributed by atoms with Crippen molar-refractivity contribution in [1.29, 1.82) is 0 Å². The second-order valence-electron chi connectivity index (χ2n) is 4.53. The number of rotatable bonds is 3. The number of hydrogen-bond donors (Lipinski definition) is 3. The molecule has 0 bridgehead atoms. The van der Waals surface area contributed by atoms with E-state index in [1.54, 1.807) is 0 Å². The Balaban J connectivity index is 2.44. The Bertz CT molecular complexity index is 578. The molecule has 1 heterocycles. The number of phenols is 1. The average Bonchev–Trinajstić information content (AvgIpc) is 2.39. The summed E-state index contributed by atoms with van der Waals surface area (Å²) in [6.07, 6.45) is 0.659. The van der Waals surface area contributed by atoms with Crippen molar-refractivity contribution in [2.45, 2.75) is 25.2 Å². The number of nitro benzene ring substituents is 1. The number of benzene rings is 1. The van der Waals surface area contributed by atoms with Crippen LogP contribution in [0.4, 0.5) is 5.69 Å². The minimum atomic E-state index is -4.04. The third-order valence-corrected chi connectivity index (χ3v) is 4.79. The first-order valence-electron chi connectivity index (χ1n) is 6.05. The zero-order valence-corrected chi connectivity index (χ0v) is 11.6. The van der Waals surface area contributed by atoms with Gasteiger partial charge in [0.2, 0.25) is 0 Å². The van der Waals surface area contributed by atoms with E-state index in [2.05, 4.69) is 5.32 Å². The zero-order valence-electron chi connectivity index (χ0n) is 10.7. The molecule has 1 aromatic rings. The highest BCUT2D eigenvalue weighted by molar-refractivity contribution is 7.53. The van der Waals surface area contributed by atoms with Crippen molar-refractivity contribution in [3.63, 3.8) is 0 Å². The number of nitro groups is 1. The molecular formula is C11H15N2O6P. The number of nitrogens with zero attached hydrogens (tertiary/aromatic N) is 1. The van der Waals surface area contributed by atoms with E-state index < -0.39 is 18.3 Å². The molecular weight excluding hydrogens is 287 g/mol. The van der Waals surface area contributed by atoms with Crippen LogP contribution in [0.5, 0.6) is 5.75 Å². The van der Waals surface area contributed by atoms with Crippen molar-refractivity contribution in [2.24, 2.45) is 0 Å². The lowest BCUT2D eigenvalue weighted by atomic mass is 10.1. The van der Waals surface area contributed by atoms with Gasteiger partial charge in [0.25, 0.3) is 5.69 Å². The van der Waals surface area contributed by atoms with Gasteiger partial charge in [-0.15, -0.1) is 0 Å². The van der Waals surface area contributed by atoms with Crippen LogP contribution in [-0.4, -0.2) is 27.6 Å². The topological polar surface area (TPSA) is 122 Å². The second kappa shape index (κ2) is 5.49. The van der Waals surface area contributed by atoms with Gasteiger partial charge in [0.15, 0.2) is 0 Å². The molecule has 0 aliphatic carbocycles. The van der Waals surface area contributed by atoms with Gasteiger partial charge in [-0.25, -0.2) is 0 Å². The summed E-state index contributed by atoms with van der Waals surface area (Å²) in [5.74, 6) is -1.47. The number of aromatic hydroxyl groups is 1. The molecule has 9 heteroatoms. The molecule has 8 nitrogen and oxygen atoms in total. The summed E-state index contributed by atoms with van der Waals surface area (Å²) >= 11 is 0. The number of hydrogen-bond acceptors (Lipinski definition) is 6. The lowest BCUT2D eigenvalue weighted by Gasteiger charge is -2.34. The Morgan fingerprint density at radius 1 is 1.60 bits per heavy atom. The first-order chi connectivity index (χ1) is 9.35. The molecule has 0 saturated carbocycles. The van der Waals surface area contributed by atoms with Crippen molar-refractivity contribution >= 4 is 13.3 Å². The highest BCUT2D eigenvalue weighted by Crippen LogP contribution is 2.58. The smallest absolute Gasteiger partial charge is 0.349 e. The van der Waals surface area contributed by atoms with Crippen molar-refractivity contribution in [1.82, 2.24) is 5.32 Å². The number of non-ortho nitro benzene ring substituents is 1. The monoisotopic (exact) mass is 302 g/mol. The fourth-order valence-electron chi connectivity index (χ4n) is 2.01. The zero-order chi connectivity index (χ0) is 14.9. The van der Waals surface area contributed by atoms with Crippen LogP contribution in [-0.2, 0) is 9.09 Å². The Morgan fingerprint density at radius 2 is 2.30 bits per heavy atom. The van der Waals surface area contributed by atoms with Crippen molar-refractivity contribution in [3.05, 3.63) is 33.9 Å². The molecule has 110 valence electrons. The van der Waals surface area contributed by atoms with Gasteiger partial charge in [-0.1, -0.05) is 6.92 Å². The minimum absolute atomic E-state index is 0.0109. The molecule has 2 rings (SSSR count). The summed E-state index contributed by atoms with van der Waals surface area (Å²) < 4.78 is 17.0. The summed E-state index contributed by atoms with van der Waals surface area (Å²) in [5.41, 5.74) is -0.276. The fraction of sp³-hybridized carbons (Fsp3) is 0.455. The SMILES string of the molecule is CC[C@@H]1COP(=O)(O)[C@H](c2cc([N+](=O)[O-])ccc2O)N1. The first-order valence-corrected chi connectivity index (χ1v) is 7.70. The van der Waals surface area contributed by atoms with E-state index in [0.29, 0.717) is 6.42 Å². The molecule has 1 aliphatic rings. The predicted octanol–water partition coefficient (Wildman–Crippen LogP) is 1.88. The van der Waals surface area contributed by atoms with Gasteiger partial charge in [0, 0.05) is 23.7 Å². The van der Waals surface area contributed by atoms with Gasteiger partial charge in [-0.05, 0) is 12.5 Å². The summed E-state index contributed by atoms with van der Waals surface area (Å²) in [6, 6.07) is 3.18. The average molecular weight is 302 g/mol. The quantitative estimate of drug-likeness (QED) is 0.442.